The molecule has 0 spiro atoms. The average Bonchev–Trinajstić information content (AvgIpc) is 3.01. The van der Waals surface area contributed by atoms with Crippen molar-refractivity contribution in [2.24, 2.45) is 0 Å². The van der Waals surface area contributed by atoms with E-state index < -0.39 is 0 Å². The quantitative estimate of drug-likeness (QED) is 0.894. The maximum absolute atomic E-state index is 12.9. The zero-order valence-electron chi connectivity index (χ0n) is 15.7. The smallest absolute Gasteiger partial charge is 0.256 e. The number of fused-ring (bicyclic) bond motifs is 1. The second kappa shape index (κ2) is 8.08. The molecule has 0 unspecified atom stereocenters. The number of rotatable bonds is 3. The molecule has 0 radical (unpaired) electrons. The number of likely N-dealkylation sites (tertiary alicyclic amines) is 1. The highest BCUT2D eigenvalue weighted by Gasteiger charge is 2.26. The highest BCUT2D eigenvalue weighted by Crippen LogP contribution is 2.18. The predicted octanol–water partition coefficient (Wildman–Crippen LogP) is 1.72. The number of nitrogens with one attached hydrogen (secondary N) is 1. The number of para-hydroxylation sites is 1. The number of amides is 2. The predicted molar refractivity (Wildman–Crippen MR) is 103 cm³/mol. The number of H-pyrrole nitrogens is 1. The van der Waals surface area contributed by atoms with Crippen LogP contribution in [0.1, 0.15) is 36.0 Å². The molecule has 0 saturated carbocycles. The molecule has 144 valence electrons. The van der Waals surface area contributed by atoms with Crippen LogP contribution in [0.15, 0.2) is 24.4 Å². The first-order valence-electron chi connectivity index (χ1n) is 9.94. The van der Waals surface area contributed by atoms with Crippen molar-refractivity contribution >= 4 is 22.7 Å². The van der Waals surface area contributed by atoms with Gasteiger partial charge in [0.15, 0.2) is 0 Å². The van der Waals surface area contributed by atoms with Gasteiger partial charge in [0.1, 0.15) is 0 Å². The van der Waals surface area contributed by atoms with Crippen LogP contribution in [-0.4, -0.2) is 82.5 Å². The molecule has 27 heavy (non-hydrogen) atoms. The van der Waals surface area contributed by atoms with Gasteiger partial charge in [0.05, 0.1) is 23.8 Å². The van der Waals surface area contributed by atoms with Gasteiger partial charge in [-0.1, -0.05) is 25.0 Å². The van der Waals surface area contributed by atoms with E-state index in [4.69, 9.17) is 0 Å². The van der Waals surface area contributed by atoms with Gasteiger partial charge in [-0.2, -0.15) is 5.10 Å². The Kier molecular flexibility index (Phi) is 5.38. The molecule has 0 aliphatic carbocycles. The number of aromatic nitrogens is 2. The van der Waals surface area contributed by atoms with Crippen LogP contribution in [0, 0.1) is 0 Å². The van der Waals surface area contributed by atoms with E-state index in [1.165, 1.54) is 12.8 Å². The summed E-state index contributed by atoms with van der Waals surface area (Å²) in [5.74, 6) is 0.266. The molecule has 7 heteroatoms. The van der Waals surface area contributed by atoms with Gasteiger partial charge >= 0.3 is 0 Å². The molecule has 1 aromatic heterocycles. The lowest BCUT2D eigenvalue weighted by molar-refractivity contribution is -0.132. The van der Waals surface area contributed by atoms with Crippen molar-refractivity contribution in [1.82, 2.24) is 24.9 Å². The molecule has 0 bridgehead atoms. The van der Waals surface area contributed by atoms with Crippen LogP contribution in [0.5, 0.6) is 0 Å². The van der Waals surface area contributed by atoms with Gasteiger partial charge in [-0.05, 0) is 18.9 Å². The Morgan fingerprint density at radius 2 is 1.67 bits per heavy atom. The van der Waals surface area contributed by atoms with Crippen LogP contribution in [0.2, 0.25) is 0 Å². The van der Waals surface area contributed by atoms with Crippen molar-refractivity contribution in [2.75, 3.05) is 45.8 Å². The summed E-state index contributed by atoms with van der Waals surface area (Å²) >= 11 is 0. The van der Waals surface area contributed by atoms with Crippen molar-refractivity contribution in [2.45, 2.75) is 25.7 Å². The maximum atomic E-state index is 12.9. The Morgan fingerprint density at radius 1 is 0.926 bits per heavy atom. The number of hydrogen-bond acceptors (Lipinski definition) is 4. The summed E-state index contributed by atoms with van der Waals surface area (Å²) in [5.41, 5.74) is 1.46. The molecule has 1 N–H and O–H groups in total. The summed E-state index contributed by atoms with van der Waals surface area (Å²) in [6.07, 6.45) is 6.43. The van der Waals surface area contributed by atoms with E-state index in [2.05, 4.69) is 15.1 Å². The van der Waals surface area contributed by atoms with Crippen LogP contribution in [0.25, 0.3) is 10.9 Å². The first kappa shape index (κ1) is 18.0. The van der Waals surface area contributed by atoms with E-state index >= 15 is 0 Å². The topological polar surface area (TPSA) is 72.5 Å². The maximum Gasteiger partial charge on any atom is 0.256 e. The van der Waals surface area contributed by atoms with E-state index in [1.807, 2.05) is 28.0 Å². The minimum atomic E-state index is 0.0309. The van der Waals surface area contributed by atoms with Crippen LogP contribution in [0.4, 0.5) is 0 Å². The highest BCUT2D eigenvalue weighted by molar-refractivity contribution is 6.05. The number of aromatic amines is 1. The third kappa shape index (κ3) is 3.98. The third-order valence-electron chi connectivity index (χ3n) is 5.68. The number of piperazine rings is 1. The lowest BCUT2D eigenvalue weighted by Crippen LogP contribution is -2.51. The monoisotopic (exact) mass is 369 g/mol. The summed E-state index contributed by atoms with van der Waals surface area (Å²) in [7, 11) is 0. The Bertz CT molecular complexity index is 802. The molecule has 2 aliphatic heterocycles. The molecular formula is C20H27N5O2. The van der Waals surface area contributed by atoms with E-state index in [1.54, 1.807) is 6.20 Å². The Hall–Kier alpha value is -2.41. The van der Waals surface area contributed by atoms with Crippen LogP contribution in [-0.2, 0) is 4.79 Å². The average molecular weight is 369 g/mol. The second-order valence-electron chi connectivity index (χ2n) is 7.50. The van der Waals surface area contributed by atoms with E-state index in [0.717, 1.165) is 49.9 Å². The molecule has 2 aromatic rings. The largest absolute Gasteiger partial charge is 0.342 e. The van der Waals surface area contributed by atoms with Crippen molar-refractivity contribution in [3.05, 3.63) is 30.0 Å². The van der Waals surface area contributed by atoms with Gasteiger partial charge in [0.25, 0.3) is 5.91 Å². The first-order chi connectivity index (χ1) is 13.2. The zero-order valence-corrected chi connectivity index (χ0v) is 15.7. The van der Waals surface area contributed by atoms with Crippen molar-refractivity contribution < 1.29 is 9.59 Å². The fraction of sp³-hybridized carbons (Fsp3) is 0.550. The van der Waals surface area contributed by atoms with Crippen molar-refractivity contribution in [3.63, 3.8) is 0 Å². The number of nitrogens with zero attached hydrogens (tertiary/aromatic N) is 4. The van der Waals surface area contributed by atoms with E-state index in [0.29, 0.717) is 25.2 Å². The van der Waals surface area contributed by atoms with E-state index in [9.17, 15) is 9.59 Å². The molecule has 2 saturated heterocycles. The number of carbonyl (C=O) groups is 2. The van der Waals surface area contributed by atoms with Gasteiger partial charge < -0.3 is 9.80 Å². The fourth-order valence-corrected chi connectivity index (χ4v) is 4.04. The minimum absolute atomic E-state index is 0.0309. The normalized spacial score (nSPS) is 19.3. The third-order valence-corrected chi connectivity index (χ3v) is 5.68. The van der Waals surface area contributed by atoms with Crippen LogP contribution < -0.4 is 0 Å². The molecule has 2 aliphatic rings. The Balaban J connectivity index is 1.33. The van der Waals surface area contributed by atoms with Gasteiger partial charge in [0.2, 0.25) is 5.91 Å². The molecule has 1 aromatic carbocycles. The SMILES string of the molecule is O=C(CN1CCN(C(=O)c2cccc3cn[nH]c23)CC1)N1CCCCCC1. The molecule has 3 heterocycles. The van der Waals surface area contributed by atoms with Crippen molar-refractivity contribution in [3.8, 4) is 0 Å². The molecule has 2 amide bonds. The van der Waals surface area contributed by atoms with Gasteiger partial charge in [-0.25, -0.2) is 0 Å². The zero-order chi connectivity index (χ0) is 18.6. The Morgan fingerprint density at radius 3 is 2.41 bits per heavy atom. The molecule has 7 nitrogen and oxygen atoms in total. The lowest BCUT2D eigenvalue weighted by Gasteiger charge is -2.35. The standard InChI is InChI=1S/C20H27N5O2/c26-18(24-8-3-1-2-4-9-24)15-23-10-12-25(13-11-23)20(27)17-7-5-6-16-14-21-22-19(16)17/h5-7,14H,1-4,8-13,15H2,(H,21,22). The van der Waals surface area contributed by atoms with Crippen molar-refractivity contribution in [1.29, 1.82) is 0 Å². The molecule has 4 rings (SSSR count). The fourth-order valence-electron chi connectivity index (χ4n) is 4.04. The lowest BCUT2D eigenvalue weighted by atomic mass is 10.1. The summed E-state index contributed by atoms with van der Waals surface area (Å²) < 4.78 is 0. The van der Waals surface area contributed by atoms with Gasteiger partial charge in [-0.3, -0.25) is 19.6 Å². The van der Waals surface area contributed by atoms with Gasteiger partial charge in [0, 0.05) is 44.7 Å². The number of carbonyl (C=O) groups excluding carboxylic acids is 2. The molecular weight excluding hydrogens is 342 g/mol. The first-order valence-corrected chi connectivity index (χ1v) is 9.94. The number of benzene rings is 1. The van der Waals surface area contributed by atoms with Gasteiger partial charge in [-0.15, -0.1) is 0 Å². The number of hydrogen-bond donors (Lipinski definition) is 1. The van der Waals surface area contributed by atoms with Crippen LogP contribution >= 0.6 is 0 Å². The minimum Gasteiger partial charge on any atom is -0.342 e. The highest BCUT2D eigenvalue weighted by atomic mass is 16.2. The summed E-state index contributed by atoms with van der Waals surface area (Å²) in [6, 6.07) is 5.68. The molecule has 2 fully saturated rings. The van der Waals surface area contributed by atoms with Crippen LogP contribution in [0.3, 0.4) is 0 Å². The molecule has 0 atom stereocenters. The summed E-state index contributed by atoms with van der Waals surface area (Å²) in [5, 5.41) is 7.91. The second-order valence-corrected chi connectivity index (χ2v) is 7.50. The summed E-state index contributed by atoms with van der Waals surface area (Å²) in [6.45, 7) is 5.04. The summed E-state index contributed by atoms with van der Waals surface area (Å²) in [4.78, 5) is 31.5. The Labute approximate surface area is 159 Å². The van der Waals surface area contributed by atoms with E-state index in [-0.39, 0.29) is 11.8 Å².